The lowest BCUT2D eigenvalue weighted by Crippen LogP contribution is -2.28. The summed E-state index contributed by atoms with van der Waals surface area (Å²) in [5.41, 5.74) is 1.27. The van der Waals surface area contributed by atoms with Crippen molar-refractivity contribution >= 4 is 11.3 Å². The first-order valence-electron chi connectivity index (χ1n) is 6.83. The number of thiophene rings is 1. The fourth-order valence-corrected chi connectivity index (χ4v) is 3.72. The van der Waals surface area contributed by atoms with Crippen LogP contribution in [0, 0.1) is 0 Å². The number of aliphatic hydroxyl groups excluding tert-OH is 1. The third-order valence-electron chi connectivity index (χ3n) is 4.16. The largest absolute Gasteiger partial charge is 0.392 e. The summed E-state index contributed by atoms with van der Waals surface area (Å²) < 4.78 is 5.42. The molecular formula is C15H24O2S. The predicted octanol–water partition coefficient (Wildman–Crippen LogP) is 3.73. The molecule has 0 saturated carbocycles. The first-order valence-corrected chi connectivity index (χ1v) is 7.71. The van der Waals surface area contributed by atoms with Crippen molar-refractivity contribution in [2.24, 2.45) is 0 Å². The summed E-state index contributed by atoms with van der Waals surface area (Å²) in [6.07, 6.45) is 5.02. The van der Waals surface area contributed by atoms with Crippen LogP contribution in [-0.4, -0.2) is 23.9 Å². The number of fused-ring (bicyclic) bond motifs is 1. The molecule has 2 atom stereocenters. The number of aryl methyl sites for hydroxylation is 1. The number of hydrogen-bond acceptors (Lipinski definition) is 3. The van der Waals surface area contributed by atoms with Crippen LogP contribution in [0.2, 0.25) is 0 Å². The van der Waals surface area contributed by atoms with Gasteiger partial charge in [-0.15, -0.1) is 11.3 Å². The van der Waals surface area contributed by atoms with Gasteiger partial charge in [-0.05, 0) is 63.0 Å². The molecule has 0 fully saturated rings. The maximum absolute atomic E-state index is 10.4. The van der Waals surface area contributed by atoms with Crippen LogP contribution >= 0.6 is 11.3 Å². The van der Waals surface area contributed by atoms with Crippen LogP contribution in [0.5, 0.6) is 0 Å². The fourth-order valence-electron chi connectivity index (χ4n) is 2.72. The molecule has 18 heavy (non-hydrogen) atoms. The molecule has 2 unspecified atom stereocenters. The van der Waals surface area contributed by atoms with Gasteiger partial charge >= 0.3 is 0 Å². The molecule has 1 aliphatic carbocycles. The minimum absolute atomic E-state index is 0.132. The highest BCUT2D eigenvalue weighted by atomic mass is 32.1. The van der Waals surface area contributed by atoms with Crippen molar-refractivity contribution < 1.29 is 9.84 Å². The standard InChI is InChI=1S/C15H24O2S/c1-15(2,17-3)9-7-13(16)11-5-4-6-14-12(11)8-10-18-14/h8,10-11,13,16H,4-7,9H2,1-3H3. The van der Waals surface area contributed by atoms with Crippen molar-refractivity contribution in [1.82, 2.24) is 0 Å². The summed E-state index contributed by atoms with van der Waals surface area (Å²) in [4.78, 5) is 1.48. The van der Waals surface area contributed by atoms with Crippen LogP contribution < -0.4 is 0 Å². The van der Waals surface area contributed by atoms with Crippen molar-refractivity contribution in [3.63, 3.8) is 0 Å². The van der Waals surface area contributed by atoms with Gasteiger partial charge in [-0.3, -0.25) is 0 Å². The van der Waals surface area contributed by atoms with E-state index in [2.05, 4.69) is 25.3 Å². The van der Waals surface area contributed by atoms with Crippen LogP contribution in [0.3, 0.4) is 0 Å². The zero-order valence-corrected chi connectivity index (χ0v) is 12.4. The van der Waals surface area contributed by atoms with Gasteiger partial charge in [-0.1, -0.05) is 0 Å². The lowest BCUT2D eigenvalue weighted by molar-refractivity contribution is -0.000394. The van der Waals surface area contributed by atoms with Gasteiger partial charge < -0.3 is 9.84 Å². The average Bonchev–Trinajstić information content (AvgIpc) is 2.84. The van der Waals surface area contributed by atoms with E-state index in [0.29, 0.717) is 5.92 Å². The van der Waals surface area contributed by atoms with Crippen molar-refractivity contribution in [2.45, 2.75) is 63.6 Å². The summed E-state index contributed by atoms with van der Waals surface area (Å²) in [5.74, 6) is 0.340. The van der Waals surface area contributed by atoms with Gasteiger partial charge in [0.1, 0.15) is 0 Å². The van der Waals surface area contributed by atoms with Crippen molar-refractivity contribution in [3.8, 4) is 0 Å². The van der Waals surface area contributed by atoms with E-state index < -0.39 is 0 Å². The van der Waals surface area contributed by atoms with Gasteiger partial charge in [0.05, 0.1) is 11.7 Å². The molecule has 0 radical (unpaired) electrons. The second-order valence-electron chi connectivity index (χ2n) is 5.87. The average molecular weight is 268 g/mol. The molecule has 3 heteroatoms. The molecule has 1 aromatic rings. The van der Waals surface area contributed by atoms with Crippen LogP contribution in [0.25, 0.3) is 0 Å². The van der Waals surface area contributed by atoms with E-state index in [9.17, 15) is 5.11 Å². The lowest BCUT2D eigenvalue weighted by Gasteiger charge is -2.30. The van der Waals surface area contributed by atoms with Crippen LogP contribution in [0.15, 0.2) is 11.4 Å². The van der Waals surface area contributed by atoms with Crippen LogP contribution in [-0.2, 0) is 11.2 Å². The Balaban J connectivity index is 1.97. The number of hydrogen-bond donors (Lipinski definition) is 1. The molecule has 0 saturated heterocycles. The molecule has 0 aliphatic heterocycles. The summed E-state index contributed by atoms with van der Waals surface area (Å²) >= 11 is 1.84. The molecule has 1 N–H and O–H groups in total. The highest BCUT2D eigenvalue weighted by molar-refractivity contribution is 7.10. The molecule has 0 amide bonds. The Labute approximate surface area is 114 Å². The summed E-state index contributed by atoms with van der Waals surface area (Å²) in [6, 6.07) is 2.20. The van der Waals surface area contributed by atoms with Gasteiger partial charge in [-0.25, -0.2) is 0 Å². The Morgan fingerprint density at radius 3 is 3.06 bits per heavy atom. The van der Waals surface area contributed by atoms with E-state index in [4.69, 9.17) is 4.74 Å². The minimum atomic E-state index is -0.229. The van der Waals surface area contributed by atoms with Crippen molar-refractivity contribution in [2.75, 3.05) is 7.11 Å². The Morgan fingerprint density at radius 2 is 2.33 bits per heavy atom. The molecular weight excluding hydrogens is 244 g/mol. The van der Waals surface area contributed by atoms with Gasteiger partial charge in [-0.2, -0.15) is 0 Å². The highest BCUT2D eigenvalue weighted by Crippen LogP contribution is 2.38. The monoisotopic (exact) mass is 268 g/mol. The smallest absolute Gasteiger partial charge is 0.0623 e. The van der Waals surface area contributed by atoms with E-state index in [1.165, 1.54) is 23.3 Å². The molecule has 2 rings (SSSR count). The lowest BCUT2D eigenvalue weighted by atomic mass is 9.81. The minimum Gasteiger partial charge on any atom is -0.392 e. The maximum Gasteiger partial charge on any atom is 0.0623 e. The third kappa shape index (κ3) is 3.14. The maximum atomic E-state index is 10.4. The SMILES string of the molecule is COC(C)(C)CCC(O)C1CCCc2sccc21. The number of rotatable bonds is 5. The summed E-state index contributed by atoms with van der Waals surface area (Å²) in [7, 11) is 1.74. The topological polar surface area (TPSA) is 29.5 Å². The van der Waals surface area contributed by atoms with E-state index in [1.807, 2.05) is 11.3 Å². The van der Waals surface area contributed by atoms with E-state index >= 15 is 0 Å². The van der Waals surface area contributed by atoms with E-state index in [0.717, 1.165) is 19.3 Å². The van der Waals surface area contributed by atoms with E-state index in [-0.39, 0.29) is 11.7 Å². The zero-order valence-electron chi connectivity index (χ0n) is 11.6. The van der Waals surface area contributed by atoms with Crippen molar-refractivity contribution in [3.05, 3.63) is 21.9 Å². The quantitative estimate of drug-likeness (QED) is 0.881. The molecule has 1 aliphatic rings. The van der Waals surface area contributed by atoms with Crippen molar-refractivity contribution in [1.29, 1.82) is 0 Å². The first-order chi connectivity index (χ1) is 8.53. The summed E-state index contributed by atoms with van der Waals surface area (Å²) in [5, 5.41) is 12.6. The molecule has 1 aromatic heterocycles. The second kappa shape index (κ2) is 5.72. The Kier molecular flexibility index (Phi) is 4.46. The van der Waals surface area contributed by atoms with Crippen LogP contribution in [0.1, 0.15) is 55.9 Å². The predicted molar refractivity (Wildman–Crippen MR) is 76.3 cm³/mol. The molecule has 0 spiro atoms. The second-order valence-corrected chi connectivity index (χ2v) is 6.87. The zero-order chi connectivity index (χ0) is 13.2. The number of ether oxygens (including phenoxy) is 1. The van der Waals surface area contributed by atoms with Gasteiger partial charge in [0.2, 0.25) is 0 Å². The Hall–Kier alpha value is -0.380. The number of aliphatic hydroxyl groups is 1. The fraction of sp³-hybridized carbons (Fsp3) is 0.733. The highest BCUT2D eigenvalue weighted by Gasteiger charge is 2.28. The first kappa shape index (κ1) is 14.0. The van der Waals surface area contributed by atoms with Gasteiger partial charge in [0.15, 0.2) is 0 Å². The molecule has 102 valence electrons. The molecule has 0 bridgehead atoms. The Bertz CT molecular complexity index is 384. The van der Waals surface area contributed by atoms with Crippen LogP contribution in [0.4, 0.5) is 0 Å². The Morgan fingerprint density at radius 1 is 1.56 bits per heavy atom. The third-order valence-corrected chi connectivity index (χ3v) is 5.15. The van der Waals surface area contributed by atoms with E-state index in [1.54, 1.807) is 7.11 Å². The normalized spacial score (nSPS) is 21.7. The van der Waals surface area contributed by atoms with Gasteiger partial charge in [0, 0.05) is 17.9 Å². The van der Waals surface area contributed by atoms with Gasteiger partial charge in [0.25, 0.3) is 0 Å². The summed E-state index contributed by atoms with van der Waals surface area (Å²) in [6.45, 7) is 4.16. The molecule has 0 aromatic carbocycles. The molecule has 2 nitrogen and oxygen atoms in total. The number of methoxy groups -OCH3 is 1. The molecule has 1 heterocycles.